The van der Waals surface area contributed by atoms with E-state index in [0.717, 1.165) is 5.56 Å². The first-order valence-electron chi connectivity index (χ1n) is 8.69. The summed E-state index contributed by atoms with van der Waals surface area (Å²) in [5, 5.41) is 7.98. The van der Waals surface area contributed by atoms with Gasteiger partial charge in [0.25, 0.3) is 11.8 Å². The van der Waals surface area contributed by atoms with Crippen LogP contribution in [0.2, 0.25) is 0 Å². The Morgan fingerprint density at radius 3 is 2.44 bits per heavy atom. The standard InChI is InChI=1S/C20H18F2N4O/c21-20(22)11-17(26(13-20)19(27)16-9-5-2-6-10-16)18-24-23-14-25(18)12-15-7-3-1-4-8-15/h1-10,14,17H,11-13H2/t17-/m0/s1. The maximum Gasteiger partial charge on any atom is 0.267 e. The molecule has 4 rings (SSSR count). The van der Waals surface area contributed by atoms with Crippen LogP contribution >= 0.6 is 0 Å². The van der Waals surface area contributed by atoms with Gasteiger partial charge in [0.1, 0.15) is 6.33 Å². The lowest BCUT2D eigenvalue weighted by molar-refractivity contribution is 0.0117. The molecule has 1 aliphatic heterocycles. The lowest BCUT2D eigenvalue weighted by Gasteiger charge is -2.24. The molecular weight excluding hydrogens is 350 g/mol. The maximum atomic E-state index is 14.2. The van der Waals surface area contributed by atoms with E-state index >= 15 is 0 Å². The van der Waals surface area contributed by atoms with Gasteiger partial charge < -0.3 is 9.47 Å². The van der Waals surface area contributed by atoms with Crippen molar-refractivity contribution < 1.29 is 13.6 Å². The zero-order valence-corrected chi connectivity index (χ0v) is 14.5. The molecular formula is C20H18F2N4O. The predicted octanol–water partition coefficient (Wildman–Crippen LogP) is 3.55. The van der Waals surface area contributed by atoms with Gasteiger partial charge in [-0.2, -0.15) is 0 Å². The second-order valence-corrected chi connectivity index (χ2v) is 6.68. The van der Waals surface area contributed by atoms with Crippen LogP contribution in [0, 0.1) is 0 Å². The van der Waals surface area contributed by atoms with E-state index in [1.54, 1.807) is 34.9 Å². The summed E-state index contributed by atoms with van der Waals surface area (Å²) < 4.78 is 30.2. The van der Waals surface area contributed by atoms with Crippen LogP contribution in [0.1, 0.15) is 34.2 Å². The van der Waals surface area contributed by atoms with Crippen molar-refractivity contribution in [2.24, 2.45) is 0 Å². The quantitative estimate of drug-likeness (QED) is 0.708. The normalized spacial score (nSPS) is 18.6. The van der Waals surface area contributed by atoms with Crippen LogP contribution in [0.15, 0.2) is 67.0 Å². The van der Waals surface area contributed by atoms with Crippen molar-refractivity contribution in [1.29, 1.82) is 0 Å². The fourth-order valence-electron chi connectivity index (χ4n) is 3.43. The van der Waals surface area contributed by atoms with Crippen molar-refractivity contribution in [1.82, 2.24) is 19.7 Å². The average molecular weight is 368 g/mol. The maximum absolute atomic E-state index is 14.2. The highest BCUT2D eigenvalue weighted by molar-refractivity contribution is 5.94. The lowest BCUT2D eigenvalue weighted by Crippen LogP contribution is -2.34. The zero-order chi connectivity index (χ0) is 18.9. The van der Waals surface area contributed by atoms with Crippen molar-refractivity contribution in [3.8, 4) is 0 Å². The number of hydrogen-bond acceptors (Lipinski definition) is 3. The van der Waals surface area contributed by atoms with Gasteiger partial charge in [-0.15, -0.1) is 10.2 Å². The summed E-state index contributed by atoms with van der Waals surface area (Å²) in [6.07, 6.45) is 1.06. The first-order valence-corrected chi connectivity index (χ1v) is 8.69. The smallest absolute Gasteiger partial charge is 0.267 e. The molecule has 2 aromatic carbocycles. The highest BCUT2D eigenvalue weighted by atomic mass is 19.3. The molecule has 138 valence electrons. The Hall–Kier alpha value is -3.09. The van der Waals surface area contributed by atoms with Crippen LogP contribution in [0.3, 0.4) is 0 Å². The molecule has 1 aromatic heterocycles. The van der Waals surface area contributed by atoms with Crippen LogP contribution < -0.4 is 0 Å². The van der Waals surface area contributed by atoms with Gasteiger partial charge in [-0.1, -0.05) is 48.5 Å². The van der Waals surface area contributed by atoms with Gasteiger partial charge in [0.05, 0.1) is 19.1 Å². The van der Waals surface area contributed by atoms with E-state index in [2.05, 4.69) is 10.2 Å². The summed E-state index contributed by atoms with van der Waals surface area (Å²) >= 11 is 0. The third-order valence-corrected chi connectivity index (χ3v) is 4.69. The van der Waals surface area contributed by atoms with Gasteiger partial charge in [-0.3, -0.25) is 4.79 Å². The molecule has 5 nitrogen and oxygen atoms in total. The minimum Gasteiger partial charge on any atom is -0.322 e. The van der Waals surface area contributed by atoms with Crippen molar-refractivity contribution >= 4 is 5.91 Å². The lowest BCUT2D eigenvalue weighted by atomic mass is 10.1. The fraction of sp³-hybridized carbons (Fsp3) is 0.250. The molecule has 0 aliphatic carbocycles. The molecule has 3 aromatic rings. The third kappa shape index (κ3) is 3.58. The summed E-state index contributed by atoms with van der Waals surface area (Å²) in [5.74, 6) is -3.01. The van der Waals surface area contributed by atoms with Gasteiger partial charge in [-0.05, 0) is 17.7 Å². The molecule has 1 amide bonds. The Morgan fingerprint density at radius 2 is 1.74 bits per heavy atom. The number of aromatic nitrogens is 3. The Kier molecular flexibility index (Phi) is 4.43. The zero-order valence-electron chi connectivity index (χ0n) is 14.5. The number of hydrogen-bond donors (Lipinski definition) is 0. The molecule has 1 fully saturated rings. The number of carbonyl (C=O) groups excluding carboxylic acids is 1. The number of halogens is 2. The molecule has 27 heavy (non-hydrogen) atoms. The average Bonchev–Trinajstić information content (AvgIpc) is 3.26. The molecule has 1 aliphatic rings. The van der Waals surface area contributed by atoms with Gasteiger partial charge >= 0.3 is 0 Å². The van der Waals surface area contributed by atoms with Crippen molar-refractivity contribution in [2.45, 2.75) is 24.9 Å². The molecule has 7 heteroatoms. The van der Waals surface area contributed by atoms with Gasteiger partial charge in [0.15, 0.2) is 5.82 Å². The van der Waals surface area contributed by atoms with Crippen LogP contribution in [0.5, 0.6) is 0 Å². The number of rotatable bonds is 4. The second kappa shape index (κ2) is 6.90. The molecule has 0 spiro atoms. The Labute approximate surface area is 155 Å². The monoisotopic (exact) mass is 368 g/mol. The SMILES string of the molecule is O=C(c1ccccc1)N1CC(F)(F)C[C@H]1c1nncn1Cc1ccccc1. The molecule has 0 unspecified atom stereocenters. The molecule has 2 heterocycles. The number of nitrogens with zero attached hydrogens (tertiary/aromatic N) is 4. The fourth-order valence-corrected chi connectivity index (χ4v) is 3.43. The Bertz CT molecular complexity index is 927. The molecule has 0 saturated carbocycles. The number of likely N-dealkylation sites (tertiary alicyclic amines) is 1. The first kappa shape index (κ1) is 17.3. The topological polar surface area (TPSA) is 51.0 Å². The highest BCUT2D eigenvalue weighted by Gasteiger charge is 2.49. The molecule has 0 radical (unpaired) electrons. The third-order valence-electron chi connectivity index (χ3n) is 4.69. The van der Waals surface area contributed by atoms with Crippen LogP contribution in [0.4, 0.5) is 8.78 Å². The van der Waals surface area contributed by atoms with Crippen LogP contribution in [-0.2, 0) is 6.54 Å². The van der Waals surface area contributed by atoms with Crippen molar-refractivity contribution in [3.05, 3.63) is 83.9 Å². The van der Waals surface area contributed by atoms with E-state index < -0.39 is 30.8 Å². The van der Waals surface area contributed by atoms with Crippen molar-refractivity contribution in [2.75, 3.05) is 6.54 Å². The van der Waals surface area contributed by atoms with E-state index in [1.165, 1.54) is 11.2 Å². The Morgan fingerprint density at radius 1 is 1.07 bits per heavy atom. The van der Waals surface area contributed by atoms with E-state index in [4.69, 9.17) is 0 Å². The summed E-state index contributed by atoms with van der Waals surface area (Å²) in [6.45, 7) is -0.164. The molecule has 1 saturated heterocycles. The summed E-state index contributed by atoms with van der Waals surface area (Å²) in [6, 6.07) is 17.3. The van der Waals surface area contributed by atoms with Gasteiger partial charge in [-0.25, -0.2) is 8.78 Å². The van der Waals surface area contributed by atoms with Crippen molar-refractivity contribution in [3.63, 3.8) is 0 Å². The van der Waals surface area contributed by atoms with E-state index in [0.29, 0.717) is 17.9 Å². The molecule has 0 bridgehead atoms. The minimum atomic E-state index is -2.96. The number of carbonyl (C=O) groups is 1. The van der Waals surface area contributed by atoms with Crippen LogP contribution in [0.25, 0.3) is 0 Å². The highest BCUT2D eigenvalue weighted by Crippen LogP contribution is 2.41. The van der Waals surface area contributed by atoms with E-state index in [-0.39, 0.29) is 0 Å². The largest absolute Gasteiger partial charge is 0.322 e. The second-order valence-electron chi connectivity index (χ2n) is 6.68. The first-order chi connectivity index (χ1) is 13.0. The van der Waals surface area contributed by atoms with Gasteiger partial charge in [0.2, 0.25) is 0 Å². The predicted molar refractivity (Wildman–Crippen MR) is 95.3 cm³/mol. The van der Waals surface area contributed by atoms with E-state index in [9.17, 15) is 13.6 Å². The molecule has 1 atom stereocenters. The van der Waals surface area contributed by atoms with Gasteiger partial charge in [0, 0.05) is 12.0 Å². The summed E-state index contributed by atoms with van der Waals surface area (Å²) in [7, 11) is 0. The summed E-state index contributed by atoms with van der Waals surface area (Å²) in [4.78, 5) is 14.1. The Balaban J connectivity index is 1.65. The van der Waals surface area contributed by atoms with E-state index in [1.807, 2.05) is 30.3 Å². The minimum absolute atomic E-state index is 0.375. The number of alkyl halides is 2. The summed E-state index contributed by atoms with van der Waals surface area (Å²) in [5.41, 5.74) is 1.39. The van der Waals surface area contributed by atoms with Crippen LogP contribution in [-0.4, -0.2) is 38.0 Å². The number of amides is 1. The molecule has 0 N–H and O–H groups in total. The number of benzene rings is 2.